The van der Waals surface area contributed by atoms with E-state index in [1.165, 1.54) is 28.7 Å². The summed E-state index contributed by atoms with van der Waals surface area (Å²) in [6, 6.07) is 6.67. The summed E-state index contributed by atoms with van der Waals surface area (Å²) in [4.78, 5) is 0. The predicted octanol–water partition coefficient (Wildman–Crippen LogP) is 3.20. The number of allylic oxidation sites excluding steroid dienone is 1. The molecule has 1 atom stereocenters. The number of rotatable bonds is 0. The number of hydrogen-bond donors (Lipinski definition) is 0. The van der Waals surface area contributed by atoms with E-state index < -0.39 is 0 Å². The molecule has 1 aromatic carbocycles. The van der Waals surface area contributed by atoms with Crippen LogP contribution in [0.2, 0.25) is 0 Å². The first-order valence-corrected chi connectivity index (χ1v) is 4.47. The Morgan fingerprint density at radius 3 is 2.92 bits per heavy atom. The molecule has 0 bridgehead atoms. The molecule has 2 rings (SSSR count). The van der Waals surface area contributed by atoms with Crippen molar-refractivity contribution in [1.29, 1.82) is 0 Å². The Kier molecular flexibility index (Phi) is 1.57. The highest BCUT2D eigenvalue weighted by Gasteiger charge is 2.20. The first-order chi connectivity index (χ1) is 5.68. The molecule has 0 N–H and O–H groups in total. The van der Waals surface area contributed by atoms with Crippen LogP contribution in [0.3, 0.4) is 0 Å². The molecule has 1 aliphatic rings. The van der Waals surface area contributed by atoms with Crippen LogP contribution in [0.5, 0.6) is 0 Å². The molecule has 0 unspecified atom stereocenters. The number of aryl methyl sites for hydroxylation is 1. The Morgan fingerprint density at radius 1 is 1.42 bits per heavy atom. The maximum absolute atomic E-state index is 4.12. The quantitative estimate of drug-likeness (QED) is 0.544. The first kappa shape index (κ1) is 7.60. The van der Waals surface area contributed by atoms with Gasteiger partial charge in [0.15, 0.2) is 0 Å². The molecule has 1 aliphatic carbocycles. The van der Waals surface area contributed by atoms with Gasteiger partial charge in [-0.25, -0.2) is 0 Å². The van der Waals surface area contributed by atoms with Crippen LogP contribution in [-0.4, -0.2) is 0 Å². The maximum atomic E-state index is 4.12. The summed E-state index contributed by atoms with van der Waals surface area (Å²) >= 11 is 0. The van der Waals surface area contributed by atoms with Gasteiger partial charge in [0.1, 0.15) is 0 Å². The highest BCUT2D eigenvalue weighted by molar-refractivity contribution is 5.72. The lowest BCUT2D eigenvalue weighted by Crippen LogP contribution is -1.87. The van der Waals surface area contributed by atoms with Crippen LogP contribution < -0.4 is 0 Å². The van der Waals surface area contributed by atoms with Gasteiger partial charge in [-0.15, -0.1) is 0 Å². The van der Waals surface area contributed by atoms with Crippen LogP contribution in [0.4, 0.5) is 0 Å². The average Bonchev–Trinajstić information content (AvgIpc) is 2.31. The standard InChI is InChI=1S/C12H14/c1-8-4-5-11-7-9(2)10(3)12(11)6-8/h4-6,9H,3,7H2,1-2H3/t9-/m0/s1. The third-order valence-corrected chi connectivity index (χ3v) is 2.73. The van der Waals surface area contributed by atoms with Gasteiger partial charge in [0.2, 0.25) is 0 Å². The van der Waals surface area contributed by atoms with Crippen molar-refractivity contribution in [2.75, 3.05) is 0 Å². The minimum Gasteiger partial charge on any atom is -0.0949 e. The SMILES string of the molecule is C=C1c2cc(C)ccc2C[C@@H]1C. The van der Waals surface area contributed by atoms with Crippen LogP contribution in [-0.2, 0) is 6.42 Å². The fourth-order valence-corrected chi connectivity index (χ4v) is 1.89. The molecule has 0 fully saturated rings. The molecule has 0 amide bonds. The predicted molar refractivity (Wildman–Crippen MR) is 53.1 cm³/mol. The third kappa shape index (κ3) is 0.989. The largest absolute Gasteiger partial charge is 0.0949 e. The van der Waals surface area contributed by atoms with Gasteiger partial charge in [-0.2, -0.15) is 0 Å². The lowest BCUT2D eigenvalue weighted by Gasteiger charge is -2.02. The van der Waals surface area contributed by atoms with Crippen LogP contribution in [0.1, 0.15) is 23.6 Å². The molecule has 62 valence electrons. The van der Waals surface area contributed by atoms with Crippen molar-refractivity contribution < 1.29 is 0 Å². The smallest absolute Gasteiger partial charge is 0.0150 e. The van der Waals surface area contributed by atoms with Crippen molar-refractivity contribution in [2.24, 2.45) is 5.92 Å². The van der Waals surface area contributed by atoms with E-state index in [1.54, 1.807) is 0 Å². The minimum absolute atomic E-state index is 0.641. The van der Waals surface area contributed by atoms with Crippen LogP contribution in [0.25, 0.3) is 5.57 Å². The molecule has 0 nitrogen and oxygen atoms in total. The van der Waals surface area contributed by atoms with E-state index in [-0.39, 0.29) is 0 Å². The molecule has 0 heterocycles. The van der Waals surface area contributed by atoms with Gasteiger partial charge >= 0.3 is 0 Å². The topological polar surface area (TPSA) is 0 Å². The van der Waals surface area contributed by atoms with Crippen molar-refractivity contribution in [2.45, 2.75) is 20.3 Å². The van der Waals surface area contributed by atoms with Crippen molar-refractivity contribution in [3.8, 4) is 0 Å². The van der Waals surface area contributed by atoms with E-state index in [4.69, 9.17) is 0 Å². The summed E-state index contributed by atoms with van der Waals surface area (Å²) in [5.74, 6) is 0.641. The number of fused-ring (bicyclic) bond motifs is 1. The monoisotopic (exact) mass is 158 g/mol. The minimum atomic E-state index is 0.641. The van der Waals surface area contributed by atoms with Crippen LogP contribution in [0, 0.1) is 12.8 Å². The van der Waals surface area contributed by atoms with Crippen LogP contribution >= 0.6 is 0 Å². The zero-order valence-electron chi connectivity index (χ0n) is 7.72. The molecule has 0 aliphatic heterocycles. The summed E-state index contributed by atoms with van der Waals surface area (Å²) in [5, 5.41) is 0. The van der Waals surface area contributed by atoms with Crippen molar-refractivity contribution in [1.82, 2.24) is 0 Å². The zero-order valence-corrected chi connectivity index (χ0v) is 7.72. The first-order valence-electron chi connectivity index (χ1n) is 4.47. The van der Waals surface area contributed by atoms with Crippen molar-refractivity contribution in [3.63, 3.8) is 0 Å². The molecule has 0 saturated heterocycles. The lowest BCUT2D eigenvalue weighted by molar-refractivity contribution is 0.782. The summed E-state index contributed by atoms with van der Waals surface area (Å²) in [6.45, 7) is 8.50. The molecular formula is C12H14. The highest BCUT2D eigenvalue weighted by atomic mass is 14.2. The molecule has 0 radical (unpaired) electrons. The molecular weight excluding hydrogens is 144 g/mol. The van der Waals surface area contributed by atoms with E-state index in [9.17, 15) is 0 Å². The lowest BCUT2D eigenvalue weighted by atomic mass is 10.0. The second kappa shape index (κ2) is 2.48. The Labute approximate surface area is 73.9 Å². The molecule has 0 aromatic heterocycles. The Hall–Kier alpha value is -1.04. The van der Waals surface area contributed by atoms with E-state index >= 15 is 0 Å². The molecule has 12 heavy (non-hydrogen) atoms. The van der Waals surface area contributed by atoms with Gasteiger partial charge in [-0.1, -0.05) is 37.3 Å². The van der Waals surface area contributed by atoms with E-state index in [0.717, 1.165) is 0 Å². The Balaban J connectivity index is 2.56. The normalized spacial score (nSPS) is 21.2. The zero-order chi connectivity index (χ0) is 8.72. The maximum Gasteiger partial charge on any atom is -0.0150 e. The van der Waals surface area contributed by atoms with E-state index in [1.807, 2.05) is 0 Å². The Bertz CT molecular complexity index is 334. The Morgan fingerprint density at radius 2 is 2.17 bits per heavy atom. The van der Waals surface area contributed by atoms with Gasteiger partial charge in [0.25, 0.3) is 0 Å². The molecule has 0 heteroatoms. The molecule has 0 saturated carbocycles. The molecule has 0 spiro atoms. The van der Waals surface area contributed by atoms with Gasteiger partial charge in [0.05, 0.1) is 0 Å². The second-order valence-corrected chi connectivity index (χ2v) is 3.79. The van der Waals surface area contributed by atoms with Crippen LogP contribution in [0.15, 0.2) is 24.8 Å². The highest BCUT2D eigenvalue weighted by Crippen LogP contribution is 2.35. The van der Waals surface area contributed by atoms with E-state index in [0.29, 0.717) is 5.92 Å². The van der Waals surface area contributed by atoms with Gasteiger partial charge < -0.3 is 0 Å². The van der Waals surface area contributed by atoms with Gasteiger partial charge in [0, 0.05) is 0 Å². The summed E-state index contributed by atoms with van der Waals surface area (Å²) < 4.78 is 0. The van der Waals surface area contributed by atoms with Gasteiger partial charge in [-0.3, -0.25) is 0 Å². The van der Waals surface area contributed by atoms with Crippen molar-refractivity contribution in [3.05, 3.63) is 41.5 Å². The second-order valence-electron chi connectivity index (χ2n) is 3.79. The van der Waals surface area contributed by atoms with Gasteiger partial charge in [-0.05, 0) is 36.0 Å². The van der Waals surface area contributed by atoms with Crippen molar-refractivity contribution >= 4 is 5.57 Å². The van der Waals surface area contributed by atoms with E-state index in [2.05, 4.69) is 38.6 Å². The fraction of sp³-hybridized carbons (Fsp3) is 0.333. The number of hydrogen-bond acceptors (Lipinski definition) is 0. The molecule has 1 aromatic rings. The third-order valence-electron chi connectivity index (χ3n) is 2.73. The summed E-state index contributed by atoms with van der Waals surface area (Å²) in [7, 11) is 0. The fourth-order valence-electron chi connectivity index (χ4n) is 1.89. The average molecular weight is 158 g/mol. The number of benzene rings is 1. The summed E-state index contributed by atoms with van der Waals surface area (Å²) in [6.07, 6.45) is 1.18. The summed E-state index contributed by atoms with van der Waals surface area (Å²) in [5.41, 5.74) is 5.51.